The van der Waals surface area contributed by atoms with Gasteiger partial charge in [0.25, 0.3) is 0 Å². The van der Waals surface area contributed by atoms with Crippen LogP contribution in [0.2, 0.25) is 0 Å². The number of esters is 1. The highest BCUT2D eigenvalue weighted by molar-refractivity contribution is 5.74. The lowest BCUT2D eigenvalue weighted by atomic mass is 10.3. The minimum absolute atomic E-state index is 0.0504. The summed E-state index contributed by atoms with van der Waals surface area (Å²) >= 11 is 0. The maximum atomic E-state index is 14.3. The summed E-state index contributed by atoms with van der Waals surface area (Å²) in [5, 5.41) is 2.62. The van der Waals surface area contributed by atoms with Crippen LogP contribution in [0.15, 0.2) is 12.3 Å². The van der Waals surface area contributed by atoms with Crippen LogP contribution in [0, 0.1) is 5.82 Å². The van der Waals surface area contributed by atoms with E-state index in [4.69, 9.17) is 4.74 Å². The Labute approximate surface area is 110 Å². The molecule has 0 aromatic carbocycles. The monoisotopic (exact) mass is 269 g/mol. The van der Waals surface area contributed by atoms with Gasteiger partial charge >= 0.3 is 5.97 Å². The summed E-state index contributed by atoms with van der Waals surface area (Å²) in [5.74, 6) is -0.888. The summed E-state index contributed by atoms with van der Waals surface area (Å²) < 4.78 is 24.0. The number of ether oxygens (including phenoxy) is 2. The van der Waals surface area contributed by atoms with Crippen molar-refractivity contribution in [2.24, 2.45) is 0 Å². The Bertz CT molecular complexity index is 450. The van der Waals surface area contributed by atoms with Gasteiger partial charge in [0.1, 0.15) is 6.54 Å². The van der Waals surface area contributed by atoms with Crippen molar-refractivity contribution in [1.82, 2.24) is 4.98 Å². The third-order valence-corrected chi connectivity index (χ3v) is 2.85. The summed E-state index contributed by atoms with van der Waals surface area (Å²) in [7, 11) is 1.28. The van der Waals surface area contributed by atoms with Gasteiger partial charge in [-0.05, 0) is 6.07 Å². The van der Waals surface area contributed by atoms with Gasteiger partial charge in [0.15, 0.2) is 11.6 Å². The predicted octanol–water partition coefficient (Wildman–Crippen LogP) is 0.642. The summed E-state index contributed by atoms with van der Waals surface area (Å²) in [5.41, 5.74) is 0.464. The largest absolute Gasteiger partial charge is 0.468 e. The number of aromatic nitrogens is 1. The molecule has 0 unspecified atom stereocenters. The van der Waals surface area contributed by atoms with Crippen molar-refractivity contribution in [3.8, 4) is 0 Å². The molecule has 0 atom stereocenters. The summed E-state index contributed by atoms with van der Waals surface area (Å²) in [4.78, 5) is 16.8. The number of rotatable bonds is 4. The Morgan fingerprint density at radius 3 is 3.00 bits per heavy atom. The van der Waals surface area contributed by atoms with E-state index in [9.17, 15) is 9.18 Å². The molecule has 0 aliphatic carbocycles. The quantitative estimate of drug-likeness (QED) is 0.809. The molecule has 1 aromatic heterocycles. The van der Waals surface area contributed by atoms with E-state index >= 15 is 0 Å². The Balaban J connectivity index is 2.10. The van der Waals surface area contributed by atoms with Gasteiger partial charge in [0, 0.05) is 19.3 Å². The zero-order valence-corrected chi connectivity index (χ0v) is 10.7. The van der Waals surface area contributed by atoms with Crippen molar-refractivity contribution in [2.45, 2.75) is 0 Å². The lowest BCUT2D eigenvalue weighted by Crippen LogP contribution is -2.37. The maximum absolute atomic E-state index is 14.3. The molecule has 0 radical (unpaired) electrons. The van der Waals surface area contributed by atoms with Crippen LogP contribution in [0.3, 0.4) is 0 Å². The smallest absolute Gasteiger partial charge is 0.325 e. The van der Waals surface area contributed by atoms with Gasteiger partial charge in [-0.1, -0.05) is 0 Å². The lowest BCUT2D eigenvalue weighted by molar-refractivity contribution is -0.138. The van der Waals surface area contributed by atoms with Crippen molar-refractivity contribution >= 4 is 17.5 Å². The molecule has 1 fully saturated rings. The number of carbonyl (C=O) groups is 1. The highest BCUT2D eigenvalue weighted by atomic mass is 19.1. The molecule has 1 N–H and O–H groups in total. The van der Waals surface area contributed by atoms with Gasteiger partial charge in [0.05, 0.1) is 26.0 Å². The van der Waals surface area contributed by atoms with E-state index in [0.29, 0.717) is 32.0 Å². The number of nitrogens with zero attached hydrogens (tertiary/aromatic N) is 2. The lowest BCUT2D eigenvalue weighted by Gasteiger charge is -2.29. The molecule has 0 spiro atoms. The molecule has 1 saturated heterocycles. The fraction of sp³-hybridized carbons (Fsp3) is 0.500. The van der Waals surface area contributed by atoms with Gasteiger partial charge in [0.2, 0.25) is 0 Å². The predicted molar refractivity (Wildman–Crippen MR) is 67.7 cm³/mol. The standard InChI is InChI=1S/C12H16FN3O3/c1-18-10(17)8-15-12-11(13)9(2-3-14-12)16-4-6-19-7-5-16/h2-3H,4-8H2,1H3,(H,14,15). The average Bonchev–Trinajstić information content (AvgIpc) is 2.46. The third kappa shape index (κ3) is 3.31. The number of morpholine rings is 1. The Kier molecular flexibility index (Phi) is 4.51. The van der Waals surface area contributed by atoms with Gasteiger partial charge in [-0.3, -0.25) is 4.79 Å². The average molecular weight is 269 g/mol. The minimum Gasteiger partial charge on any atom is -0.468 e. The first kappa shape index (κ1) is 13.5. The van der Waals surface area contributed by atoms with E-state index in [0.717, 1.165) is 0 Å². The van der Waals surface area contributed by atoms with Gasteiger partial charge in [-0.25, -0.2) is 9.37 Å². The summed E-state index contributed by atoms with van der Waals surface area (Å²) in [6.45, 7) is 2.31. The molecule has 0 amide bonds. The topological polar surface area (TPSA) is 63.7 Å². The van der Waals surface area contributed by atoms with Crippen LogP contribution in [0.4, 0.5) is 15.9 Å². The Morgan fingerprint density at radius 2 is 2.32 bits per heavy atom. The van der Waals surface area contributed by atoms with Crippen LogP contribution in [0.25, 0.3) is 0 Å². The molecule has 2 heterocycles. The number of hydrogen-bond acceptors (Lipinski definition) is 6. The molecule has 19 heavy (non-hydrogen) atoms. The fourth-order valence-corrected chi connectivity index (χ4v) is 1.83. The molecule has 1 aliphatic heterocycles. The molecule has 0 saturated carbocycles. The molecule has 0 bridgehead atoms. The SMILES string of the molecule is COC(=O)CNc1nccc(N2CCOCC2)c1F. The van der Waals surface area contributed by atoms with Crippen LogP contribution < -0.4 is 10.2 Å². The number of halogens is 1. The van der Waals surface area contributed by atoms with Crippen LogP contribution in [-0.4, -0.2) is 50.9 Å². The van der Waals surface area contributed by atoms with Crippen LogP contribution >= 0.6 is 0 Å². The normalized spacial score (nSPS) is 15.2. The first-order chi connectivity index (χ1) is 9.22. The molecule has 1 aromatic rings. The zero-order valence-electron chi connectivity index (χ0n) is 10.7. The molecular weight excluding hydrogens is 253 g/mol. The highest BCUT2D eigenvalue weighted by Gasteiger charge is 2.18. The van der Waals surface area contributed by atoms with Crippen molar-refractivity contribution < 1.29 is 18.7 Å². The fourth-order valence-electron chi connectivity index (χ4n) is 1.83. The first-order valence-electron chi connectivity index (χ1n) is 6.00. The number of carbonyl (C=O) groups excluding carboxylic acids is 1. The van der Waals surface area contributed by atoms with E-state index in [1.165, 1.54) is 13.3 Å². The molecule has 7 heteroatoms. The number of anilines is 2. The van der Waals surface area contributed by atoms with E-state index in [-0.39, 0.29) is 12.4 Å². The van der Waals surface area contributed by atoms with E-state index in [1.807, 2.05) is 4.90 Å². The van der Waals surface area contributed by atoms with Crippen LogP contribution in [-0.2, 0) is 14.3 Å². The number of methoxy groups -OCH3 is 1. The maximum Gasteiger partial charge on any atom is 0.325 e. The van der Waals surface area contributed by atoms with E-state index < -0.39 is 11.8 Å². The summed E-state index contributed by atoms with van der Waals surface area (Å²) in [6.07, 6.45) is 1.51. The van der Waals surface area contributed by atoms with Crippen molar-refractivity contribution in [3.05, 3.63) is 18.1 Å². The van der Waals surface area contributed by atoms with E-state index in [1.54, 1.807) is 6.07 Å². The number of nitrogens with one attached hydrogen (secondary N) is 1. The van der Waals surface area contributed by atoms with Crippen molar-refractivity contribution in [3.63, 3.8) is 0 Å². The molecule has 2 rings (SSSR count). The minimum atomic E-state index is -0.474. The zero-order chi connectivity index (χ0) is 13.7. The molecule has 1 aliphatic rings. The Morgan fingerprint density at radius 1 is 1.58 bits per heavy atom. The molecular formula is C12H16FN3O3. The molecule has 6 nitrogen and oxygen atoms in total. The number of pyridine rings is 1. The molecule has 104 valence electrons. The highest BCUT2D eigenvalue weighted by Crippen LogP contribution is 2.24. The second-order valence-corrected chi connectivity index (χ2v) is 4.02. The first-order valence-corrected chi connectivity index (χ1v) is 6.00. The Hall–Kier alpha value is -1.89. The third-order valence-electron chi connectivity index (χ3n) is 2.85. The second-order valence-electron chi connectivity index (χ2n) is 4.02. The second kappa shape index (κ2) is 6.33. The van der Waals surface area contributed by atoms with Gasteiger partial charge < -0.3 is 19.7 Å². The van der Waals surface area contributed by atoms with Crippen molar-refractivity contribution in [1.29, 1.82) is 0 Å². The van der Waals surface area contributed by atoms with Gasteiger partial charge in [-0.15, -0.1) is 0 Å². The number of hydrogen-bond donors (Lipinski definition) is 1. The van der Waals surface area contributed by atoms with E-state index in [2.05, 4.69) is 15.0 Å². The summed E-state index contributed by atoms with van der Waals surface area (Å²) in [6, 6.07) is 1.62. The van der Waals surface area contributed by atoms with Gasteiger partial charge in [-0.2, -0.15) is 0 Å². The van der Waals surface area contributed by atoms with Crippen LogP contribution in [0.5, 0.6) is 0 Å². The van der Waals surface area contributed by atoms with Crippen LogP contribution in [0.1, 0.15) is 0 Å². The van der Waals surface area contributed by atoms with Crippen molar-refractivity contribution in [2.75, 3.05) is 50.2 Å².